The Morgan fingerprint density at radius 3 is 2.50 bits per heavy atom. The zero-order valence-electron chi connectivity index (χ0n) is 13.1. The lowest BCUT2D eigenvalue weighted by Gasteiger charge is -2.29. The van der Waals surface area contributed by atoms with E-state index in [0.29, 0.717) is 6.54 Å². The second kappa shape index (κ2) is 5.87. The van der Waals surface area contributed by atoms with Crippen LogP contribution in [0.2, 0.25) is 0 Å². The van der Waals surface area contributed by atoms with Crippen molar-refractivity contribution in [3.05, 3.63) is 76.7 Å². The summed E-state index contributed by atoms with van der Waals surface area (Å²) in [4.78, 5) is 7.38. The summed E-state index contributed by atoms with van der Waals surface area (Å²) in [5.74, 6) is 0. The second-order valence-corrected chi connectivity index (χ2v) is 6.68. The highest BCUT2D eigenvalue weighted by molar-refractivity contribution is 7.08. The van der Waals surface area contributed by atoms with E-state index in [4.69, 9.17) is 11.5 Å². The fraction of sp³-hybridized carbons (Fsp3) is 0.105. The third-order valence-corrected chi connectivity index (χ3v) is 5.20. The van der Waals surface area contributed by atoms with Crippen LogP contribution in [0.1, 0.15) is 11.1 Å². The maximum Gasteiger partial charge on any atom is 0.0931 e. The minimum atomic E-state index is -0.730. The molecule has 4 rings (SSSR count). The standard InChI is InChI=1S/C19H18N4S/c20-11-19(21,16-5-6-17-18(9-16)23-12-22-17)15-3-1-13(2-4-15)14-7-8-24-10-14/h1-10,12H,11,20-21H2,(H,22,23). The molecule has 2 aromatic carbocycles. The van der Waals surface area contributed by atoms with Crippen molar-refractivity contribution in [3.8, 4) is 11.1 Å². The van der Waals surface area contributed by atoms with Gasteiger partial charge < -0.3 is 16.5 Å². The molecule has 0 aliphatic carbocycles. The normalized spacial score (nSPS) is 13.9. The van der Waals surface area contributed by atoms with Crippen molar-refractivity contribution in [1.82, 2.24) is 9.97 Å². The Kier molecular flexibility index (Phi) is 3.69. The van der Waals surface area contributed by atoms with Gasteiger partial charge in [-0.05, 0) is 51.2 Å². The number of rotatable bonds is 4. The van der Waals surface area contributed by atoms with E-state index in [1.165, 1.54) is 11.1 Å². The van der Waals surface area contributed by atoms with Crippen LogP contribution in [0, 0.1) is 0 Å². The van der Waals surface area contributed by atoms with Crippen molar-refractivity contribution in [2.45, 2.75) is 5.54 Å². The lowest BCUT2D eigenvalue weighted by molar-refractivity contribution is 0.552. The molecule has 120 valence electrons. The van der Waals surface area contributed by atoms with E-state index in [0.717, 1.165) is 22.2 Å². The summed E-state index contributed by atoms with van der Waals surface area (Å²) in [6.45, 7) is 0.324. The summed E-state index contributed by atoms with van der Waals surface area (Å²) in [5.41, 5.74) is 18.3. The van der Waals surface area contributed by atoms with E-state index in [1.807, 2.05) is 18.2 Å². The maximum absolute atomic E-state index is 6.71. The molecule has 2 heterocycles. The van der Waals surface area contributed by atoms with Crippen LogP contribution in [0.3, 0.4) is 0 Å². The Morgan fingerprint density at radius 2 is 1.79 bits per heavy atom. The number of aromatic nitrogens is 2. The SMILES string of the molecule is NCC(N)(c1ccc(-c2ccsc2)cc1)c1ccc2nc[nH]c2c1. The van der Waals surface area contributed by atoms with Crippen LogP contribution in [0.25, 0.3) is 22.2 Å². The first-order valence-corrected chi connectivity index (χ1v) is 8.71. The number of aromatic amines is 1. The van der Waals surface area contributed by atoms with Gasteiger partial charge in [0.15, 0.2) is 0 Å². The molecule has 4 aromatic rings. The molecule has 0 saturated heterocycles. The maximum atomic E-state index is 6.71. The first kappa shape index (κ1) is 15.1. The summed E-state index contributed by atoms with van der Waals surface area (Å²) in [6, 6.07) is 16.5. The Balaban J connectivity index is 1.75. The lowest BCUT2D eigenvalue weighted by Crippen LogP contribution is -2.45. The van der Waals surface area contributed by atoms with E-state index < -0.39 is 5.54 Å². The predicted octanol–water partition coefficient (Wildman–Crippen LogP) is 3.45. The molecule has 0 fully saturated rings. The zero-order valence-corrected chi connectivity index (χ0v) is 13.9. The minimum Gasteiger partial charge on any atom is -0.345 e. The Hall–Kier alpha value is -2.47. The van der Waals surface area contributed by atoms with Gasteiger partial charge in [-0.2, -0.15) is 11.3 Å². The van der Waals surface area contributed by atoms with Gasteiger partial charge in [0.1, 0.15) is 0 Å². The van der Waals surface area contributed by atoms with Crippen molar-refractivity contribution < 1.29 is 0 Å². The van der Waals surface area contributed by atoms with Crippen molar-refractivity contribution >= 4 is 22.4 Å². The van der Waals surface area contributed by atoms with Gasteiger partial charge in [0, 0.05) is 6.54 Å². The highest BCUT2D eigenvalue weighted by Gasteiger charge is 2.28. The summed E-state index contributed by atoms with van der Waals surface area (Å²) in [6.07, 6.45) is 1.69. The smallest absolute Gasteiger partial charge is 0.0931 e. The van der Waals surface area contributed by atoms with Crippen LogP contribution in [0.5, 0.6) is 0 Å². The van der Waals surface area contributed by atoms with Gasteiger partial charge in [0.25, 0.3) is 0 Å². The van der Waals surface area contributed by atoms with Gasteiger partial charge in [-0.25, -0.2) is 4.98 Å². The van der Waals surface area contributed by atoms with Crippen LogP contribution in [-0.4, -0.2) is 16.5 Å². The highest BCUT2D eigenvalue weighted by atomic mass is 32.1. The molecule has 5 heteroatoms. The number of imidazole rings is 1. The van der Waals surface area contributed by atoms with Gasteiger partial charge in [-0.1, -0.05) is 30.3 Å². The fourth-order valence-corrected chi connectivity index (χ4v) is 3.67. The predicted molar refractivity (Wildman–Crippen MR) is 99.9 cm³/mol. The highest BCUT2D eigenvalue weighted by Crippen LogP contribution is 2.30. The monoisotopic (exact) mass is 334 g/mol. The van der Waals surface area contributed by atoms with Crippen molar-refractivity contribution in [3.63, 3.8) is 0 Å². The molecule has 1 unspecified atom stereocenters. The number of benzene rings is 2. The third-order valence-electron chi connectivity index (χ3n) is 4.51. The largest absolute Gasteiger partial charge is 0.345 e. The molecule has 0 amide bonds. The van der Waals surface area contributed by atoms with Gasteiger partial charge in [-0.3, -0.25) is 0 Å². The number of nitrogens with zero attached hydrogens (tertiary/aromatic N) is 1. The molecule has 1 atom stereocenters. The number of thiophene rings is 1. The van der Waals surface area contributed by atoms with Crippen molar-refractivity contribution in [2.24, 2.45) is 11.5 Å². The molecular weight excluding hydrogens is 316 g/mol. The number of hydrogen-bond acceptors (Lipinski definition) is 4. The van der Waals surface area contributed by atoms with Crippen LogP contribution >= 0.6 is 11.3 Å². The number of hydrogen-bond donors (Lipinski definition) is 3. The molecule has 0 spiro atoms. The van der Waals surface area contributed by atoms with Crippen molar-refractivity contribution in [1.29, 1.82) is 0 Å². The molecule has 2 aromatic heterocycles. The van der Waals surface area contributed by atoms with E-state index in [1.54, 1.807) is 17.7 Å². The fourth-order valence-electron chi connectivity index (χ4n) is 3.00. The Labute approximate surface area is 144 Å². The van der Waals surface area contributed by atoms with Gasteiger partial charge >= 0.3 is 0 Å². The molecule has 5 N–H and O–H groups in total. The molecule has 0 aliphatic heterocycles. The van der Waals surface area contributed by atoms with Crippen LogP contribution in [0.15, 0.2) is 65.6 Å². The molecule has 0 radical (unpaired) electrons. The first-order chi connectivity index (χ1) is 11.7. The molecule has 0 bridgehead atoms. The number of H-pyrrole nitrogens is 1. The zero-order chi connectivity index (χ0) is 16.6. The number of nitrogens with two attached hydrogens (primary N) is 2. The average Bonchev–Trinajstić information content (AvgIpc) is 3.32. The van der Waals surface area contributed by atoms with E-state index in [-0.39, 0.29) is 0 Å². The van der Waals surface area contributed by atoms with Crippen LogP contribution in [0.4, 0.5) is 0 Å². The summed E-state index contributed by atoms with van der Waals surface area (Å²) in [5, 5.41) is 4.22. The van der Waals surface area contributed by atoms with Gasteiger partial charge in [0.2, 0.25) is 0 Å². The molecular formula is C19H18N4S. The van der Waals surface area contributed by atoms with Crippen LogP contribution in [-0.2, 0) is 5.54 Å². The first-order valence-electron chi connectivity index (χ1n) is 7.76. The van der Waals surface area contributed by atoms with Crippen molar-refractivity contribution in [2.75, 3.05) is 6.54 Å². The summed E-state index contributed by atoms with van der Waals surface area (Å²) >= 11 is 1.69. The Morgan fingerprint density at radius 1 is 1.00 bits per heavy atom. The lowest BCUT2D eigenvalue weighted by atomic mass is 9.83. The molecule has 0 aliphatic rings. The number of nitrogens with one attached hydrogen (secondary N) is 1. The summed E-state index contributed by atoms with van der Waals surface area (Å²) in [7, 11) is 0. The molecule has 24 heavy (non-hydrogen) atoms. The van der Waals surface area contributed by atoms with E-state index >= 15 is 0 Å². The van der Waals surface area contributed by atoms with Gasteiger partial charge in [0.05, 0.1) is 22.9 Å². The Bertz CT molecular complexity index is 957. The topological polar surface area (TPSA) is 80.7 Å². The second-order valence-electron chi connectivity index (χ2n) is 5.90. The molecule has 0 saturated carbocycles. The molecule has 4 nitrogen and oxygen atoms in total. The average molecular weight is 334 g/mol. The van der Waals surface area contributed by atoms with E-state index in [9.17, 15) is 0 Å². The number of fused-ring (bicyclic) bond motifs is 1. The van der Waals surface area contributed by atoms with Gasteiger partial charge in [-0.15, -0.1) is 0 Å². The quantitative estimate of drug-likeness (QED) is 0.535. The summed E-state index contributed by atoms with van der Waals surface area (Å²) < 4.78 is 0. The minimum absolute atomic E-state index is 0.324. The third kappa shape index (κ3) is 2.43. The van der Waals surface area contributed by atoms with E-state index in [2.05, 4.69) is 51.1 Å². The van der Waals surface area contributed by atoms with Crippen LogP contribution < -0.4 is 11.5 Å².